The number of aryl methyl sites for hydroxylation is 1. The number of nitrogens with one attached hydrogen (secondary N) is 1. The maximum absolute atomic E-state index is 11.3. The quantitative estimate of drug-likeness (QED) is 0.790. The van der Waals surface area contributed by atoms with Crippen molar-refractivity contribution in [3.05, 3.63) is 17.8 Å². The van der Waals surface area contributed by atoms with E-state index in [9.17, 15) is 8.42 Å². The van der Waals surface area contributed by atoms with Gasteiger partial charge in [-0.1, -0.05) is 0 Å². The average molecular weight is 241 g/mol. The molecule has 0 bridgehead atoms. The van der Waals surface area contributed by atoms with Gasteiger partial charge in [-0.25, -0.2) is 13.4 Å². The summed E-state index contributed by atoms with van der Waals surface area (Å²) in [7, 11) is -2.87. The third-order valence-corrected chi connectivity index (χ3v) is 4.55. The van der Waals surface area contributed by atoms with Crippen molar-refractivity contribution in [2.24, 2.45) is 0 Å². The fraction of sp³-hybridized carbons (Fsp3) is 0.500. The van der Waals surface area contributed by atoms with E-state index in [2.05, 4.69) is 10.3 Å². The normalized spacial score (nSPS) is 23.2. The molecule has 3 N–H and O–H groups in total. The Morgan fingerprint density at radius 1 is 1.56 bits per heavy atom. The van der Waals surface area contributed by atoms with Gasteiger partial charge in [-0.15, -0.1) is 0 Å². The van der Waals surface area contributed by atoms with Crippen molar-refractivity contribution in [3.63, 3.8) is 0 Å². The highest BCUT2D eigenvalue weighted by Crippen LogP contribution is 2.22. The molecule has 6 heteroatoms. The highest BCUT2D eigenvalue weighted by atomic mass is 32.2. The molecule has 0 amide bonds. The molecule has 0 spiro atoms. The second-order valence-corrected chi connectivity index (χ2v) is 6.36. The first-order valence-electron chi connectivity index (χ1n) is 5.16. The van der Waals surface area contributed by atoms with Crippen LogP contribution in [0.25, 0.3) is 0 Å². The van der Waals surface area contributed by atoms with Crippen LogP contribution in [0.5, 0.6) is 0 Å². The molecule has 16 heavy (non-hydrogen) atoms. The Bertz CT molecular complexity index is 499. The predicted octanol–water partition coefficient (Wildman–Crippen LogP) is 0.571. The number of anilines is 2. The van der Waals surface area contributed by atoms with Gasteiger partial charge in [0.1, 0.15) is 5.82 Å². The van der Waals surface area contributed by atoms with Crippen molar-refractivity contribution < 1.29 is 8.42 Å². The first kappa shape index (κ1) is 11.2. The van der Waals surface area contributed by atoms with Crippen molar-refractivity contribution in [1.82, 2.24) is 4.98 Å². The first-order valence-corrected chi connectivity index (χ1v) is 6.98. The number of aromatic nitrogens is 1. The van der Waals surface area contributed by atoms with Crippen LogP contribution in [-0.2, 0) is 9.84 Å². The molecule has 1 aromatic rings. The van der Waals surface area contributed by atoms with Crippen LogP contribution in [0.2, 0.25) is 0 Å². The maximum Gasteiger partial charge on any atom is 0.152 e. The van der Waals surface area contributed by atoms with E-state index in [1.807, 2.05) is 13.0 Å². The Morgan fingerprint density at radius 3 is 2.94 bits per heavy atom. The second kappa shape index (κ2) is 3.93. The van der Waals surface area contributed by atoms with Crippen LogP contribution in [-0.4, -0.2) is 30.9 Å². The highest BCUT2D eigenvalue weighted by Gasteiger charge is 2.28. The fourth-order valence-corrected chi connectivity index (χ4v) is 3.46. The lowest BCUT2D eigenvalue weighted by atomic mass is 10.2. The summed E-state index contributed by atoms with van der Waals surface area (Å²) in [4.78, 5) is 4.12. The second-order valence-electron chi connectivity index (χ2n) is 4.13. The summed E-state index contributed by atoms with van der Waals surface area (Å²) in [5.74, 6) is 1.00. The van der Waals surface area contributed by atoms with E-state index in [-0.39, 0.29) is 17.5 Å². The van der Waals surface area contributed by atoms with Crippen molar-refractivity contribution in [2.75, 3.05) is 22.6 Å². The van der Waals surface area contributed by atoms with E-state index in [4.69, 9.17) is 5.73 Å². The van der Waals surface area contributed by atoms with E-state index >= 15 is 0 Å². The molecule has 0 aliphatic carbocycles. The summed E-state index contributed by atoms with van der Waals surface area (Å²) in [6, 6.07) is 1.76. The molecule has 1 fully saturated rings. The Labute approximate surface area is 95.0 Å². The Balaban J connectivity index is 2.14. The molecule has 1 unspecified atom stereocenters. The Morgan fingerprint density at radius 2 is 2.31 bits per heavy atom. The van der Waals surface area contributed by atoms with Crippen LogP contribution in [0.15, 0.2) is 12.3 Å². The number of pyridine rings is 1. The van der Waals surface area contributed by atoms with E-state index < -0.39 is 9.84 Å². The molecule has 1 saturated heterocycles. The molecule has 88 valence electrons. The summed E-state index contributed by atoms with van der Waals surface area (Å²) in [6.45, 7) is 1.90. The van der Waals surface area contributed by atoms with Crippen LogP contribution in [0, 0.1) is 6.92 Å². The lowest BCUT2D eigenvalue weighted by Crippen LogP contribution is -2.22. The molecule has 0 saturated carbocycles. The SMILES string of the molecule is Cc1ccnc(NC2CCS(=O)(=O)C2)c1N. The van der Waals surface area contributed by atoms with Crippen molar-refractivity contribution in [3.8, 4) is 0 Å². The molecule has 1 aliphatic heterocycles. The number of nitrogen functional groups attached to an aromatic ring is 1. The number of nitrogens with two attached hydrogens (primary N) is 1. The smallest absolute Gasteiger partial charge is 0.152 e. The number of hydrogen-bond donors (Lipinski definition) is 2. The van der Waals surface area contributed by atoms with Crippen molar-refractivity contribution in [1.29, 1.82) is 0 Å². The summed E-state index contributed by atoms with van der Waals surface area (Å²) in [5.41, 5.74) is 7.39. The fourth-order valence-electron chi connectivity index (χ4n) is 1.79. The molecule has 0 radical (unpaired) electrons. The van der Waals surface area contributed by atoms with E-state index in [0.29, 0.717) is 17.9 Å². The average Bonchev–Trinajstić information content (AvgIpc) is 2.53. The van der Waals surface area contributed by atoms with Crippen LogP contribution in [0.4, 0.5) is 11.5 Å². The van der Waals surface area contributed by atoms with Gasteiger partial charge in [0.2, 0.25) is 0 Å². The molecule has 0 aromatic carbocycles. The van der Waals surface area contributed by atoms with E-state index in [0.717, 1.165) is 5.56 Å². The minimum atomic E-state index is -2.87. The molecule has 1 aromatic heterocycles. The standard InChI is InChI=1S/C10H15N3O2S/c1-7-2-4-12-10(9(7)11)13-8-3-5-16(14,15)6-8/h2,4,8H,3,5-6,11H2,1H3,(H,12,13). The van der Waals surface area contributed by atoms with Gasteiger partial charge in [-0.3, -0.25) is 0 Å². The van der Waals surface area contributed by atoms with Gasteiger partial charge in [0.25, 0.3) is 0 Å². The zero-order valence-corrected chi connectivity index (χ0v) is 9.92. The van der Waals surface area contributed by atoms with Crippen LogP contribution in [0.3, 0.4) is 0 Å². The largest absolute Gasteiger partial charge is 0.396 e. The van der Waals surface area contributed by atoms with Gasteiger partial charge < -0.3 is 11.1 Å². The lowest BCUT2D eigenvalue weighted by molar-refractivity contribution is 0.602. The van der Waals surface area contributed by atoms with Crippen LogP contribution < -0.4 is 11.1 Å². The summed E-state index contributed by atoms with van der Waals surface area (Å²) < 4.78 is 22.6. The summed E-state index contributed by atoms with van der Waals surface area (Å²) in [6.07, 6.45) is 2.29. The van der Waals surface area contributed by atoms with Gasteiger partial charge in [0.05, 0.1) is 17.2 Å². The number of hydrogen-bond acceptors (Lipinski definition) is 5. The van der Waals surface area contributed by atoms with Crippen molar-refractivity contribution >= 4 is 21.3 Å². The van der Waals surface area contributed by atoms with Gasteiger partial charge in [-0.2, -0.15) is 0 Å². The van der Waals surface area contributed by atoms with Crippen LogP contribution in [0.1, 0.15) is 12.0 Å². The number of rotatable bonds is 2. The minimum Gasteiger partial charge on any atom is -0.396 e. The molecular weight excluding hydrogens is 226 g/mol. The summed E-state index contributed by atoms with van der Waals surface area (Å²) >= 11 is 0. The minimum absolute atomic E-state index is 0.0680. The molecule has 2 rings (SSSR count). The number of sulfone groups is 1. The van der Waals surface area contributed by atoms with Crippen LogP contribution >= 0.6 is 0 Å². The zero-order chi connectivity index (χ0) is 11.8. The third-order valence-electron chi connectivity index (χ3n) is 2.78. The van der Waals surface area contributed by atoms with Crippen molar-refractivity contribution in [2.45, 2.75) is 19.4 Å². The Kier molecular flexibility index (Phi) is 2.75. The molecular formula is C10H15N3O2S. The first-order chi connectivity index (χ1) is 7.48. The van der Waals surface area contributed by atoms with Gasteiger partial charge in [-0.05, 0) is 25.0 Å². The summed E-state index contributed by atoms with van der Waals surface area (Å²) in [5, 5.41) is 3.09. The molecule has 5 nitrogen and oxygen atoms in total. The highest BCUT2D eigenvalue weighted by molar-refractivity contribution is 7.91. The monoisotopic (exact) mass is 241 g/mol. The maximum atomic E-state index is 11.3. The van der Waals surface area contributed by atoms with Gasteiger partial charge in [0, 0.05) is 12.2 Å². The zero-order valence-electron chi connectivity index (χ0n) is 9.10. The lowest BCUT2D eigenvalue weighted by Gasteiger charge is -2.14. The third kappa shape index (κ3) is 2.27. The topological polar surface area (TPSA) is 85.1 Å². The number of nitrogens with zero attached hydrogens (tertiary/aromatic N) is 1. The van der Waals surface area contributed by atoms with Gasteiger partial charge in [0.15, 0.2) is 9.84 Å². The molecule has 2 heterocycles. The molecule has 1 atom stereocenters. The predicted molar refractivity (Wildman–Crippen MR) is 64.1 cm³/mol. The molecule has 1 aliphatic rings. The van der Waals surface area contributed by atoms with E-state index in [1.165, 1.54) is 0 Å². The van der Waals surface area contributed by atoms with Gasteiger partial charge >= 0.3 is 0 Å². The van der Waals surface area contributed by atoms with E-state index in [1.54, 1.807) is 6.20 Å². The Hall–Kier alpha value is -1.30.